The normalized spacial score (nSPS) is 16.1. The van der Waals surface area contributed by atoms with Crippen molar-refractivity contribution in [1.29, 1.82) is 0 Å². The second-order valence-corrected chi connectivity index (χ2v) is 29.6. The molecule has 1 aliphatic carbocycles. The molecule has 0 aromatic heterocycles. The van der Waals surface area contributed by atoms with Crippen molar-refractivity contribution >= 4 is 45.2 Å². The molecule has 0 saturated carbocycles. The van der Waals surface area contributed by atoms with Gasteiger partial charge in [0.25, 0.3) is 0 Å². The summed E-state index contributed by atoms with van der Waals surface area (Å²) in [5, 5.41) is 24.4. The summed E-state index contributed by atoms with van der Waals surface area (Å²) in [5.41, 5.74) is 5.23. The third-order valence-electron chi connectivity index (χ3n) is 18.6. The number of nitrogens with zero attached hydrogens (tertiary/aromatic N) is 2. The molecule has 2 aliphatic heterocycles. The molecule has 1 N–H and O–H groups in total. The number of carbonyl (C=O) groups is 1. The zero-order valence-corrected chi connectivity index (χ0v) is 71.1. The number of unbranched alkanes of at least 4 members (excludes halogenated alkanes) is 2. The molecule has 0 saturated heterocycles. The number of fused-ring (bicyclic) bond motifs is 2. The predicted molar refractivity (Wildman–Crippen MR) is 431 cm³/mol. The average Bonchev–Trinajstić information content (AvgIpc) is 1.59. The number of carboxylic acids is 1. The van der Waals surface area contributed by atoms with Crippen LogP contribution in [0.1, 0.15) is 83.3 Å². The molecular formula is C83H127N2O31S2-. The summed E-state index contributed by atoms with van der Waals surface area (Å²) >= 11 is 0.794. The highest BCUT2D eigenvalue weighted by Crippen LogP contribution is 2.52. The monoisotopic (exact) mass is 1710 g/mol. The third kappa shape index (κ3) is 41.2. The fourth-order valence-corrected chi connectivity index (χ4v) is 13.5. The van der Waals surface area contributed by atoms with E-state index in [2.05, 4.69) is 29.0 Å². The molecule has 0 radical (unpaired) electrons. The number of benzene rings is 3. The van der Waals surface area contributed by atoms with Gasteiger partial charge in [0.2, 0.25) is 5.69 Å². The molecule has 1 atom stereocenters. The summed E-state index contributed by atoms with van der Waals surface area (Å²) < 4.78 is 150. The number of aliphatic carboxylic acids is 1. The van der Waals surface area contributed by atoms with Crippen LogP contribution in [0.25, 0.3) is 0 Å². The number of methoxy groups -OCH3 is 2. The summed E-state index contributed by atoms with van der Waals surface area (Å²) in [4.78, 5) is 37.0. The fourth-order valence-electron chi connectivity index (χ4n) is 12.6. The Balaban J connectivity index is 1.01. The number of ether oxygens (including phenoxy) is 19. The van der Waals surface area contributed by atoms with Crippen LogP contribution in [0.3, 0.4) is 0 Å². The van der Waals surface area contributed by atoms with Gasteiger partial charge in [-0.05, 0) is 131 Å². The molecule has 6 rings (SSSR count). The topological polar surface area (TPSA) is 355 Å². The third-order valence-corrected chi connectivity index (χ3v) is 20.0. The summed E-state index contributed by atoms with van der Waals surface area (Å²) in [6.45, 7) is 22.6. The van der Waals surface area contributed by atoms with Crippen LogP contribution in [0.15, 0.2) is 123 Å². The highest BCUT2D eigenvalue weighted by Gasteiger charge is 2.46. The van der Waals surface area contributed by atoms with E-state index in [1.54, 1.807) is 20.3 Å². The lowest BCUT2D eigenvalue weighted by Gasteiger charge is -2.30. The Morgan fingerprint density at radius 3 is 1.41 bits per heavy atom. The Bertz CT molecular complexity index is 3440. The van der Waals surface area contributed by atoms with Gasteiger partial charge in [-0.25, -0.2) is 28.0 Å². The molecular weight excluding hydrogens is 1590 g/mol. The number of carboxylic acid groups (broad SMARTS) is 1. The molecule has 3 aromatic carbocycles. The largest absolute Gasteiger partial charge is 0.744 e. The molecule has 668 valence electrons. The first-order chi connectivity index (χ1) is 57.7. The summed E-state index contributed by atoms with van der Waals surface area (Å²) in [7, 11) is -1.53. The van der Waals surface area contributed by atoms with Crippen molar-refractivity contribution in [2.75, 3.05) is 283 Å². The van der Waals surface area contributed by atoms with Gasteiger partial charge in [-0.3, -0.25) is 9.83 Å². The van der Waals surface area contributed by atoms with Gasteiger partial charge in [-0.15, -0.1) is 0 Å². The van der Waals surface area contributed by atoms with E-state index in [1.807, 2.05) is 79.1 Å². The Hall–Kier alpha value is -5.38. The molecule has 33 nitrogen and oxygen atoms in total. The maximum Gasteiger partial charge on any atom is 0.303 e. The van der Waals surface area contributed by atoms with Gasteiger partial charge in [0.1, 0.15) is 41.4 Å². The van der Waals surface area contributed by atoms with Gasteiger partial charge < -0.3 is 110 Å². The van der Waals surface area contributed by atoms with Crippen LogP contribution in [0.4, 0.5) is 11.4 Å². The number of para-hydroxylation sites is 1. The van der Waals surface area contributed by atoms with E-state index in [-0.39, 0.29) is 51.0 Å². The molecule has 1 unspecified atom stereocenters. The maximum absolute atomic E-state index is 12.5. The van der Waals surface area contributed by atoms with Crippen LogP contribution in [0.2, 0.25) is 0 Å². The van der Waals surface area contributed by atoms with Crippen LogP contribution in [-0.2, 0) is 140 Å². The lowest BCUT2D eigenvalue weighted by molar-refractivity contribution is -0.777. The van der Waals surface area contributed by atoms with Crippen LogP contribution < -0.4 is 14.9 Å². The molecule has 0 bridgehead atoms. The van der Waals surface area contributed by atoms with Crippen LogP contribution in [0, 0.1) is 0 Å². The van der Waals surface area contributed by atoms with E-state index in [4.69, 9.17) is 114 Å². The van der Waals surface area contributed by atoms with Crippen LogP contribution in [0.5, 0.6) is 5.75 Å². The second-order valence-electron chi connectivity index (χ2n) is 27.4. The lowest BCUT2D eigenvalue weighted by atomic mass is 9.78. The highest BCUT2D eigenvalue weighted by atomic mass is 32.2. The van der Waals surface area contributed by atoms with Gasteiger partial charge in [0.15, 0.2) is 12.3 Å². The van der Waals surface area contributed by atoms with E-state index in [9.17, 15) is 28.1 Å². The van der Waals surface area contributed by atoms with Gasteiger partial charge >= 0.3 is 5.97 Å². The Kier molecular flexibility index (Phi) is 54.6. The summed E-state index contributed by atoms with van der Waals surface area (Å²) in [5.74, 6) is 0.430. The average molecular weight is 1710 g/mol. The van der Waals surface area contributed by atoms with Gasteiger partial charge in [-0.1, -0.05) is 30.7 Å². The Morgan fingerprint density at radius 1 is 0.508 bits per heavy atom. The molecule has 0 spiro atoms. The van der Waals surface area contributed by atoms with Crippen molar-refractivity contribution in [3.63, 3.8) is 0 Å². The molecule has 118 heavy (non-hydrogen) atoms. The number of hydrogen-bond donors (Lipinski definition) is 1. The molecule has 2 heterocycles. The number of allylic oxidation sites excluding steroid dienone is 7. The molecule has 35 heteroatoms. The lowest BCUT2D eigenvalue weighted by Crippen LogP contribution is -2.30. The van der Waals surface area contributed by atoms with E-state index in [0.29, 0.717) is 291 Å². The summed E-state index contributed by atoms with van der Waals surface area (Å²) in [6.07, 6.45) is 12.7. The fraction of sp³-hybridized carbons (Fsp3) is 0.663. The molecule has 0 amide bonds. The van der Waals surface area contributed by atoms with Crippen molar-refractivity contribution in [2.45, 2.75) is 92.8 Å². The molecule has 3 aliphatic rings. The van der Waals surface area contributed by atoms with Crippen molar-refractivity contribution in [3.8, 4) is 5.75 Å². The zero-order valence-electron chi connectivity index (χ0n) is 69.5. The SMILES string of the molecule is COCCOCCOCCOCCOCCOCCOCCOCCOCCOOCC[N+]1=C(C=CC2=C(Oc3ccccc3)C(=CC=C3N(CCCCCC(=O)O)c4ccc(SOO[O-])cc4C3(C)CCOOCCOCCOCCOCCOCCOCCOCCOCCOCCOC)CCC2)C(C)(C)c2cc(S(=O)(=O)[O-])ccc21. The van der Waals surface area contributed by atoms with Gasteiger partial charge in [0, 0.05) is 66.6 Å². The van der Waals surface area contributed by atoms with Crippen LogP contribution >= 0.6 is 12.0 Å². The van der Waals surface area contributed by atoms with Crippen molar-refractivity contribution in [2.24, 2.45) is 0 Å². The van der Waals surface area contributed by atoms with E-state index in [1.165, 1.54) is 12.1 Å². The maximum atomic E-state index is 12.5. The van der Waals surface area contributed by atoms with Crippen LogP contribution in [-0.4, -0.2) is 313 Å². The number of rotatable bonds is 77. The highest BCUT2D eigenvalue weighted by molar-refractivity contribution is 7.94. The quantitative estimate of drug-likeness (QED) is 0.0138. The number of hydrogen-bond acceptors (Lipinski definition) is 32. The molecule has 3 aromatic rings. The van der Waals surface area contributed by atoms with Crippen molar-refractivity contribution < 1.29 is 152 Å². The van der Waals surface area contributed by atoms with E-state index < -0.39 is 26.9 Å². The minimum atomic E-state index is -4.80. The zero-order chi connectivity index (χ0) is 84.1. The van der Waals surface area contributed by atoms with E-state index >= 15 is 0 Å². The minimum absolute atomic E-state index is 0.0546. The predicted octanol–water partition coefficient (Wildman–Crippen LogP) is 8.35. The first-order valence-corrected chi connectivity index (χ1v) is 42.7. The smallest absolute Gasteiger partial charge is 0.303 e. The summed E-state index contributed by atoms with van der Waals surface area (Å²) in [6, 6.07) is 19.8. The van der Waals surface area contributed by atoms with Crippen molar-refractivity contribution in [3.05, 3.63) is 125 Å². The first-order valence-electron chi connectivity index (χ1n) is 40.5. The minimum Gasteiger partial charge on any atom is -0.744 e. The Labute approximate surface area is 700 Å². The Morgan fingerprint density at radius 2 is 0.958 bits per heavy atom. The number of anilines is 1. The van der Waals surface area contributed by atoms with Crippen molar-refractivity contribution in [1.82, 2.24) is 0 Å². The standard InChI is InChI=1S/C83H128N2O31S2/c1-82(2)74-68-73(118(89,90)91)21-23-76(74)85(28-30-111-113-66-64-109-62-60-107-58-56-105-54-52-103-50-48-101-46-44-99-42-40-97-38-36-95-34-32-93-5)78(82)24-18-69-13-12-14-70(81(69)114-71-15-8-6-9-16-71)19-25-79-83(3,75-67-72(117-116-115-88)20-22-77(75)84(79)27-11-7-10-17-80(86)87)26-29-110-112-65-63-108-61-59-106-57-55-104-53-51-102-49-47-100-45-43-98-41-39-96-37-35-94-33-31-92-4/h6,8-9,15-16,18-25,67-68H,7,10-14,17,26-66H2,1-5H3,(H2-,86,87,88,89,90,91)/p-1. The van der Waals surface area contributed by atoms with Gasteiger partial charge in [0.05, 0.1) is 254 Å². The first kappa shape index (κ1) is 101. The van der Waals surface area contributed by atoms with Gasteiger partial charge in [-0.2, -0.15) is 8.91 Å². The second kappa shape index (κ2) is 63.5. The molecule has 0 fully saturated rings. The van der Waals surface area contributed by atoms with E-state index in [0.717, 1.165) is 52.3 Å².